The molecule has 0 aliphatic rings. The summed E-state index contributed by atoms with van der Waals surface area (Å²) in [5.41, 5.74) is 8.12. The van der Waals surface area contributed by atoms with Gasteiger partial charge in [0.1, 0.15) is 0 Å². The third kappa shape index (κ3) is 7.48. The van der Waals surface area contributed by atoms with Crippen molar-refractivity contribution in [2.75, 3.05) is 0 Å². The highest BCUT2D eigenvalue weighted by molar-refractivity contribution is 7.80. The van der Waals surface area contributed by atoms with Crippen LogP contribution in [0, 0.1) is 0 Å². The summed E-state index contributed by atoms with van der Waals surface area (Å²) in [6.45, 7) is 5.27. The van der Waals surface area contributed by atoms with Gasteiger partial charge in [-0.1, -0.05) is 0 Å². The maximum atomic E-state index is 11.1. The fraction of sp³-hybridized carbons (Fsp3) is 0.625. The third-order valence-electron chi connectivity index (χ3n) is 1.12. The molecule has 0 aromatic heterocycles. The van der Waals surface area contributed by atoms with Gasteiger partial charge in [-0.25, -0.2) is 0 Å². The summed E-state index contributed by atoms with van der Waals surface area (Å²) in [7, 11) is 0. The number of carbonyl (C=O) groups is 1. The van der Waals surface area contributed by atoms with Crippen LogP contribution in [0.15, 0.2) is 5.10 Å². The predicted octanol–water partition coefficient (Wildman–Crippen LogP) is 0.537. The van der Waals surface area contributed by atoms with Crippen molar-refractivity contribution in [2.24, 2.45) is 10.8 Å². The van der Waals surface area contributed by atoms with Crippen LogP contribution in [-0.2, 0) is 9.53 Å². The smallest absolute Gasteiger partial charge is 0.311 e. The van der Waals surface area contributed by atoms with Gasteiger partial charge in [-0.3, -0.25) is 10.2 Å². The first-order valence-corrected chi connectivity index (χ1v) is 4.60. The summed E-state index contributed by atoms with van der Waals surface area (Å²) in [6.07, 6.45) is 0.0206. The highest BCUT2D eigenvalue weighted by atomic mass is 32.1. The molecule has 0 aromatic rings. The van der Waals surface area contributed by atoms with Gasteiger partial charge in [0.15, 0.2) is 5.11 Å². The summed E-state index contributed by atoms with van der Waals surface area (Å²) in [4.78, 5) is 11.1. The Morgan fingerprint density at radius 2 is 2.21 bits per heavy atom. The van der Waals surface area contributed by atoms with Crippen molar-refractivity contribution in [3.8, 4) is 0 Å². The van der Waals surface area contributed by atoms with Crippen molar-refractivity contribution in [1.29, 1.82) is 0 Å². The molecule has 0 saturated heterocycles. The predicted molar refractivity (Wildman–Crippen MR) is 58.9 cm³/mol. The van der Waals surface area contributed by atoms with E-state index in [1.54, 1.807) is 20.8 Å². The molecule has 0 aliphatic carbocycles. The molecule has 0 aliphatic heterocycles. The van der Waals surface area contributed by atoms with E-state index < -0.39 is 0 Å². The number of carbonyl (C=O) groups excluding carboxylic acids is 1. The lowest BCUT2D eigenvalue weighted by molar-refractivity contribution is -0.145. The van der Waals surface area contributed by atoms with Gasteiger partial charge in [-0.2, -0.15) is 5.10 Å². The molecule has 0 atom stereocenters. The van der Waals surface area contributed by atoms with E-state index in [2.05, 4.69) is 22.7 Å². The van der Waals surface area contributed by atoms with Crippen LogP contribution < -0.4 is 11.2 Å². The van der Waals surface area contributed by atoms with Crippen molar-refractivity contribution in [2.45, 2.75) is 33.3 Å². The maximum absolute atomic E-state index is 11.1. The van der Waals surface area contributed by atoms with Crippen molar-refractivity contribution < 1.29 is 9.53 Å². The molecule has 6 heteroatoms. The number of rotatable bonds is 4. The van der Waals surface area contributed by atoms with Crippen LogP contribution in [0.5, 0.6) is 0 Å². The standard InChI is InChI=1S/C8H15N3O2S/c1-5(2)13-7(12)4-6(3)10-11-8(9)14/h5H,4H2,1-3H3,(H3,9,11,14)/b10-6-. The van der Waals surface area contributed by atoms with Crippen molar-refractivity contribution in [1.82, 2.24) is 5.43 Å². The number of nitrogens with one attached hydrogen (secondary N) is 1. The number of thiocarbonyl (C=S) groups is 1. The average Bonchev–Trinajstić information content (AvgIpc) is 1.98. The molecule has 0 amide bonds. The Labute approximate surface area is 88.7 Å². The molecule has 0 rings (SSSR count). The highest BCUT2D eigenvalue weighted by Gasteiger charge is 2.06. The topological polar surface area (TPSA) is 76.7 Å². The van der Waals surface area contributed by atoms with E-state index in [1.165, 1.54) is 0 Å². The Hall–Kier alpha value is -1.17. The zero-order valence-corrected chi connectivity index (χ0v) is 9.35. The van der Waals surface area contributed by atoms with Gasteiger partial charge in [-0.05, 0) is 33.0 Å². The summed E-state index contributed by atoms with van der Waals surface area (Å²) >= 11 is 4.54. The van der Waals surface area contributed by atoms with Crippen LogP contribution in [0.4, 0.5) is 0 Å². The first-order valence-electron chi connectivity index (χ1n) is 4.20. The van der Waals surface area contributed by atoms with Crippen molar-refractivity contribution in [3.63, 3.8) is 0 Å². The summed E-state index contributed by atoms with van der Waals surface area (Å²) in [5.74, 6) is -0.314. The fourth-order valence-corrected chi connectivity index (χ4v) is 0.749. The summed E-state index contributed by atoms with van der Waals surface area (Å²) in [6, 6.07) is 0. The number of esters is 1. The first kappa shape index (κ1) is 12.8. The quantitative estimate of drug-likeness (QED) is 0.311. The number of nitrogens with zero attached hydrogens (tertiary/aromatic N) is 1. The number of nitrogens with two attached hydrogens (primary N) is 1. The molecule has 0 aromatic carbocycles. The van der Waals surface area contributed by atoms with Crippen LogP contribution >= 0.6 is 12.2 Å². The largest absolute Gasteiger partial charge is 0.463 e. The molecule has 0 heterocycles. The second-order valence-corrected chi connectivity index (χ2v) is 3.48. The van der Waals surface area contributed by atoms with Crippen LogP contribution in [0.1, 0.15) is 27.2 Å². The van der Waals surface area contributed by atoms with Gasteiger partial charge in [0.05, 0.1) is 12.5 Å². The Morgan fingerprint density at radius 1 is 1.64 bits per heavy atom. The molecular formula is C8H15N3O2S. The van der Waals surface area contributed by atoms with Gasteiger partial charge < -0.3 is 10.5 Å². The van der Waals surface area contributed by atoms with Crippen molar-refractivity contribution >= 4 is 29.0 Å². The molecule has 5 nitrogen and oxygen atoms in total. The maximum Gasteiger partial charge on any atom is 0.311 e. The van der Waals surface area contributed by atoms with E-state index in [9.17, 15) is 4.79 Å². The second kappa shape index (κ2) is 6.31. The molecular weight excluding hydrogens is 202 g/mol. The van der Waals surface area contributed by atoms with Crippen molar-refractivity contribution in [3.05, 3.63) is 0 Å². The molecule has 0 fully saturated rings. The summed E-state index contributed by atoms with van der Waals surface area (Å²) < 4.78 is 4.92. The zero-order valence-electron chi connectivity index (χ0n) is 8.53. The number of hydrogen-bond donors (Lipinski definition) is 2. The highest BCUT2D eigenvalue weighted by Crippen LogP contribution is 1.94. The van der Waals surface area contributed by atoms with Crippen LogP contribution in [0.2, 0.25) is 0 Å². The lowest BCUT2D eigenvalue weighted by atomic mass is 10.3. The fourth-order valence-electron chi connectivity index (χ4n) is 0.704. The Morgan fingerprint density at radius 3 is 2.64 bits per heavy atom. The third-order valence-corrected chi connectivity index (χ3v) is 1.22. The minimum Gasteiger partial charge on any atom is -0.463 e. The number of hydrazone groups is 1. The summed E-state index contributed by atoms with van der Waals surface area (Å²) in [5, 5.41) is 3.84. The first-order chi connectivity index (χ1) is 6.41. The molecule has 3 N–H and O–H groups in total. The molecule has 0 radical (unpaired) electrons. The lowest BCUT2D eigenvalue weighted by Gasteiger charge is -2.07. The molecule has 14 heavy (non-hydrogen) atoms. The van der Waals surface area contributed by atoms with Gasteiger partial charge in [0, 0.05) is 5.71 Å². The monoisotopic (exact) mass is 217 g/mol. The second-order valence-electron chi connectivity index (χ2n) is 3.04. The van der Waals surface area contributed by atoms with E-state index in [-0.39, 0.29) is 23.6 Å². The lowest BCUT2D eigenvalue weighted by Crippen LogP contribution is -2.25. The van der Waals surface area contributed by atoms with Crippen LogP contribution in [0.3, 0.4) is 0 Å². The van der Waals surface area contributed by atoms with E-state index in [0.29, 0.717) is 5.71 Å². The van der Waals surface area contributed by atoms with Crippen LogP contribution in [0.25, 0.3) is 0 Å². The van der Waals surface area contributed by atoms with Gasteiger partial charge in [0.25, 0.3) is 0 Å². The average molecular weight is 217 g/mol. The minimum absolute atomic E-state index is 0.0709. The Bertz CT molecular complexity index is 251. The number of ether oxygens (including phenoxy) is 1. The molecule has 0 bridgehead atoms. The molecule has 0 saturated carbocycles. The van der Waals surface area contributed by atoms with Gasteiger partial charge in [0.2, 0.25) is 0 Å². The SMILES string of the molecule is C/C(CC(=O)OC(C)C)=N/NC(N)=S. The Balaban J connectivity index is 3.92. The minimum atomic E-state index is -0.314. The van der Waals surface area contributed by atoms with Gasteiger partial charge in [-0.15, -0.1) is 0 Å². The Kier molecular flexibility index (Phi) is 5.78. The van der Waals surface area contributed by atoms with Gasteiger partial charge >= 0.3 is 5.97 Å². The van der Waals surface area contributed by atoms with E-state index in [4.69, 9.17) is 10.5 Å². The molecule has 80 valence electrons. The van der Waals surface area contributed by atoms with E-state index in [0.717, 1.165) is 0 Å². The molecule has 0 spiro atoms. The van der Waals surface area contributed by atoms with Crippen LogP contribution in [-0.4, -0.2) is 22.9 Å². The number of hydrogen-bond acceptors (Lipinski definition) is 4. The zero-order chi connectivity index (χ0) is 11.1. The normalized spacial score (nSPS) is 11.3. The van der Waals surface area contributed by atoms with E-state index in [1.807, 2.05) is 0 Å². The van der Waals surface area contributed by atoms with E-state index >= 15 is 0 Å². The molecule has 0 unspecified atom stereocenters.